The Morgan fingerprint density at radius 3 is 2.60 bits per heavy atom. The van der Waals surface area contributed by atoms with Gasteiger partial charge in [-0.1, -0.05) is 45.4 Å². The SMILES string of the molecule is CC[C@@H](CNCCS)CC1CCCCC1. The van der Waals surface area contributed by atoms with Crippen LogP contribution in [0.1, 0.15) is 51.9 Å². The maximum absolute atomic E-state index is 4.22. The van der Waals surface area contributed by atoms with E-state index >= 15 is 0 Å². The molecule has 0 unspecified atom stereocenters. The molecular formula is C13H27NS. The first kappa shape index (κ1) is 13.4. The van der Waals surface area contributed by atoms with Gasteiger partial charge in [0.2, 0.25) is 0 Å². The van der Waals surface area contributed by atoms with Gasteiger partial charge in [0.1, 0.15) is 0 Å². The van der Waals surface area contributed by atoms with E-state index in [0.29, 0.717) is 0 Å². The first-order valence-corrected chi connectivity index (χ1v) is 7.31. The predicted octanol–water partition coefficient (Wildman–Crippen LogP) is 3.50. The van der Waals surface area contributed by atoms with E-state index in [0.717, 1.165) is 24.1 Å². The van der Waals surface area contributed by atoms with Crippen molar-refractivity contribution < 1.29 is 0 Å². The third-order valence-corrected chi connectivity index (χ3v) is 3.91. The molecule has 0 aromatic carbocycles. The molecule has 1 N–H and O–H groups in total. The maximum Gasteiger partial charge on any atom is 0.00398 e. The molecule has 0 amide bonds. The van der Waals surface area contributed by atoms with E-state index < -0.39 is 0 Å². The molecule has 2 heteroatoms. The summed E-state index contributed by atoms with van der Waals surface area (Å²) in [5.74, 6) is 2.88. The van der Waals surface area contributed by atoms with Crippen molar-refractivity contribution in [3.63, 3.8) is 0 Å². The monoisotopic (exact) mass is 229 g/mol. The van der Waals surface area contributed by atoms with Gasteiger partial charge in [-0.2, -0.15) is 12.6 Å². The van der Waals surface area contributed by atoms with Crippen LogP contribution < -0.4 is 5.32 Å². The Kier molecular flexibility index (Phi) is 7.54. The molecule has 1 saturated carbocycles. The lowest BCUT2D eigenvalue weighted by Gasteiger charge is -2.26. The lowest BCUT2D eigenvalue weighted by Crippen LogP contribution is -2.26. The van der Waals surface area contributed by atoms with Gasteiger partial charge in [-0.3, -0.25) is 0 Å². The second-order valence-electron chi connectivity index (χ2n) is 4.94. The van der Waals surface area contributed by atoms with Crippen LogP contribution in [-0.2, 0) is 0 Å². The van der Waals surface area contributed by atoms with Crippen LogP contribution in [0, 0.1) is 11.8 Å². The van der Waals surface area contributed by atoms with E-state index in [9.17, 15) is 0 Å². The Morgan fingerprint density at radius 2 is 2.00 bits per heavy atom. The molecule has 1 aliphatic rings. The second kappa shape index (κ2) is 8.46. The van der Waals surface area contributed by atoms with Crippen LogP contribution in [0.5, 0.6) is 0 Å². The minimum atomic E-state index is 0.896. The molecule has 1 fully saturated rings. The predicted molar refractivity (Wildman–Crippen MR) is 71.7 cm³/mol. The van der Waals surface area contributed by atoms with E-state index in [1.807, 2.05) is 0 Å². The highest BCUT2D eigenvalue weighted by Crippen LogP contribution is 2.29. The molecule has 0 spiro atoms. The summed E-state index contributed by atoms with van der Waals surface area (Å²) in [6, 6.07) is 0. The zero-order valence-corrected chi connectivity index (χ0v) is 11.1. The minimum absolute atomic E-state index is 0.896. The molecule has 0 aliphatic heterocycles. The molecule has 1 aliphatic carbocycles. The number of nitrogens with one attached hydrogen (secondary N) is 1. The average molecular weight is 229 g/mol. The van der Waals surface area contributed by atoms with Gasteiger partial charge in [0, 0.05) is 12.3 Å². The molecule has 15 heavy (non-hydrogen) atoms. The van der Waals surface area contributed by atoms with Gasteiger partial charge in [0.05, 0.1) is 0 Å². The van der Waals surface area contributed by atoms with Gasteiger partial charge in [-0.25, -0.2) is 0 Å². The van der Waals surface area contributed by atoms with Crippen molar-refractivity contribution in [3.05, 3.63) is 0 Å². The lowest BCUT2D eigenvalue weighted by atomic mass is 9.82. The summed E-state index contributed by atoms with van der Waals surface area (Å²) >= 11 is 4.22. The van der Waals surface area contributed by atoms with Gasteiger partial charge in [0.15, 0.2) is 0 Å². The molecular weight excluding hydrogens is 202 g/mol. The number of thiol groups is 1. The third kappa shape index (κ3) is 5.82. The highest BCUT2D eigenvalue weighted by Gasteiger charge is 2.17. The number of hydrogen-bond donors (Lipinski definition) is 2. The smallest absolute Gasteiger partial charge is 0.00398 e. The molecule has 0 aromatic rings. The van der Waals surface area contributed by atoms with Crippen molar-refractivity contribution in [2.45, 2.75) is 51.9 Å². The minimum Gasteiger partial charge on any atom is -0.316 e. The largest absolute Gasteiger partial charge is 0.316 e. The molecule has 1 nitrogen and oxygen atoms in total. The Bertz CT molecular complexity index is 143. The third-order valence-electron chi connectivity index (χ3n) is 3.69. The van der Waals surface area contributed by atoms with Crippen LogP contribution in [0.3, 0.4) is 0 Å². The van der Waals surface area contributed by atoms with E-state index in [2.05, 4.69) is 24.9 Å². The Balaban J connectivity index is 2.13. The second-order valence-corrected chi connectivity index (χ2v) is 5.39. The molecule has 0 saturated heterocycles. The van der Waals surface area contributed by atoms with E-state index in [1.165, 1.54) is 51.5 Å². The highest BCUT2D eigenvalue weighted by atomic mass is 32.1. The zero-order valence-electron chi connectivity index (χ0n) is 10.2. The summed E-state index contributed by atoms with van der Waals surface area (Å²) < 4.78 is 0. The van der Waals surface area contributed by atoms with Crippen molar-refractivity contribution in [2.75, 3.05) is 18.8 Å². The van der Waals surface area contributed by atoms with Crippen LogP contribution >= 0.6 is 12.6 Å². The van der Waals surface area contributed by atoms with Crippen LogP contribution in [0.15, 0.2) is 0 Å². The van der Waals surface area contributed by atoms with Gasteiger partial charge >= 0.3 is 0 Å². The summed E-state index contributed by atoms with van der Waals surface area (Å²) in [6.07, 6.45) is 10.2. The normalized spacial score (nSPS) is 20.4. The van der Waals surface area contributed by atoms with Crippen LogP contribution in [0.25, 0.3) is 0 Å². The molecule has 0 bridgehead atoms. The van der Waals surface area contributed by atoms with Crippen molar-refractivity contribution >= 4 is 12.6 Å². The first-order valence-electron chi connectivity index (χ1n) is 6.68. The quantitative estimate of drug-likeness (QED) is 0.503. The molecule has 0 heterocycles. The molecule has 1 atom stereocenters. The van der Waals surface area contributed by atoms with Gasteiger partial charge in [0.25, 0.3) is 0 Å². The van der Waals surface area contributed by atoms with Crippen molar-refractivity contribution in [3.8, 4) is 0 Å². The van der Waals surface area contributed by atoms with Gasteiger partial charge in [-0.05, 0) is 24.8 Å². The summed E-state index contributed by atoms with van der Waals surface area (Å²) in [6.45, 7) is 4.59. The van der Waals surface area contributed by atoms with Crippen molar-refractivity contribution in [1.29, 1.82) is 0 Å². The van der Waals surface area contributed by atoms with Crippen molar-refractivity contribution in [2.24, 2.45) is 11.8 Å². The first-order chi connectivity index (χ1) is 7.36. The topological polar surface area (TPSA) is 12.0 Å². The van der Waals surface area contributed by atoms with Crippen molar-refractivity contribution in [1.82, 2.24) is 5.32 Å². The van der Waals surface area contributed by atoms with Crippen LogP contribution in [0.4, 0.5) is 0 Å². The Morgan fingerprint density at radius 1 is 1.27 bits per heavy atom. The fraction of sp³-hybridized carbons (Fsp3) is 1.00. The summed E-state index contributed by atoms with van der Waals surface area (Å²) in [5, 5.41) is 3.50. The van der Waals surface area contributed by atoms with Crippen LogP contribution in [-0.4, -0.2) is 18.8 Å². The van der Waals surface area contributed by atoms with Gasteiger partial charge in [-0.15, -0.1) is 0 Å². The molecule has 0 radical (unpaired) electrons. The molecule has 90 valence electrons. The fourth-order valence-electron chi connectivity index (χ4n) is 2.67. The standard InChI is InChI=1S/C13H27NS/c1-2-12(11-14-8-9-15)10-13-6-4-3-5-7-13/h12-15H,2-11H2,1H3/t12-/m1/s1. The Labute approximate surface area is 101 Å². The fourth-order valence-corrected chi connectivity index (χ4v) is 2.83. The summed E-state index contributed by atoms with van der Waals surface area (Å²) in [5.41, 5.74) is 0. The van der Waals surface area contributed by atoms with Crippen LogP contribution in [0.2, 0.25) is 0 Å². The van der Waals surface area contributed by atoms with E-state index in [4.69, 9.17) is 0 Å². The average Bonchev–Trinajstić information content (AvgIpc) is 2.29. The lowest BCUT2D eigenvalue weighted by molar-refractivity contribution is 0.278. The summed E-state index contributed by atoms with van der Waals surface area (Å²) in [7, 11) is 0. The highest BCUT2D eigenvalue weighted by molar-refractivity contribution is 7.80. The molecule has 0 aromatic heterocycles. The molecule has 1 rings (SSSR count). The number of rotatable bonds is 7. The zero-order chi connectivity index (χ0) is 10.9. The van der Waals surface area contributed by atoms with E-state index in [1.54, 1.807) is 0 Å². The van der Waals surface area contributed by atoms with Gasteiger partial charge < -0.3 is 5.32 Å². The summed E-state index contributed by atoms with van der Waals surface area (Å²) in [4.78, 5) is 0. The number of hydrogen-bond acceptors (Lipinski definition) is 2. The Hall–Kier alpha value is 0.310. The maximum atomic E-state index is 4.22. The van der Waals surface area contributed by atoms with E-state index in [-0.39, 0.29) is 0 Å².